The second-order valence-corrected chi connectivity index (χ2v) is 12.3. The first-order chi connectivity index (χ1) is 21.1. The van der Waals surface area contributed by atoms with Gasteiger partial charge in [-0.2, -0.15) is 0 Å². The largest absolute Gasteiger partial charge is 0.394 e. The van der Waals surface area contributed by atoms with Gasteiger partial charge in [0.15, 0.2) is 0 Å². The third kappa shape index (κ3) is 24.3. The molecule has 3 N–H and O–H groups in total. The number of amides is 1. The number of ether oxygens (including phenoxy) is 1. The number of carbonyl (C=O) groups excluding carboxylic acids is 1. The summed E-state index contributed by atoms with van der Waals surface area (Å²) in [5.41, 5.74) is 0. The Kier molecular flexibility index (Phi) is 26.6. The number of epoxide rings is 1. The van der Waals surface area contributed by atoms with Gasteiger partial charge in [-0.1, -0.05) is 146 Å². The number of aliphatic hydroxyl groups is 2. The van der Waals surface area contributed by atoms with Crippen LogP contribution in [0.15, 0.2) is 48.6 Å². The van der Waals surface area contributed by atoms with Crippen molar-refractivity contribution in [3.63, 3.8) is 0 Å². The molecule has 0 bridgehead atoms. The molecule has 1 aliphatic heterocycles. The van der Waals surface area contributed by atoms with Crippen molar-refractivity contribution in [3.05, 3.63) is 48.6 Å². The monoisotopic (exact) mass is 602 g/mol. The van der Waals surface area contributed by atoms with Gasteiger partial charge < -0.3 is 20.3 Å². The Balaban J connectivity index is 1.99. The van der Waals surface area contributed by atoms with Gasteiger partial charge in [0.2, 0.25) is 5.91 Å². The Morgan fingerprint density at radius 1 is 0.698 bits per heavy atom. The number of aliphatic hydroxyl groups excluding tert-OH is 2. The van der Waals surface area contributed by atoms with Gasteiger partial charge in [-0.25, -0.2) is 0 Å². The second kappa shape index (κ2) is 29.0. The molecule has 5 nitrogen and oxygen atoms in total. The van der Waals surface area contributed by atoms with Crippen LogP contribution in [-0.2, 0) is 9.53 Å². The standard InChI is InChI=1S/C38H67NO4/c1-3-5-7-8-9-10-11-12-13-16-19-22-26-29-35(41)34(33-40)39-38(42)32-28-24-21-18-15-14-17-20-23-27-31-37-36(43-37)30-25-6-4-2/h14,17-18,21,23,26-27,29,34-37,40-41H,3-13,15-16,19-20,22,24-25,28,30-33H2,1-2H3,(H,39,42)/b17-14-,21-18-,27-23-,29-26+/t34-,35+,36?,37?/m0/s1. The smallest absolute Gasteiger partial charge is 0.220 e. The van der Waals surface area contributed by atoms with Crippen molar-refractivity contribution in [2.75, 3.05) is 6.61 Å². The maximum absolute atomic E-state index is 12.3. The molecule has 1 rings (SSSR count). The van der Waals surface area contributed by atoms with Crippen LogP contribution in [0, 0.1) is 0 Å². The Morgan fingerprint density at radius 3 is 1.91 bits per heavy atom. The van der Waals surface area contributed by atoms with Gasteiger partial charge in [-0.15, -0.1) is 0 Å². The molecule has 0 aliphatic carbocycles. The Hall–Kier alpha value is -1.69. The van der Waals surface area contributed by atoms with Crippen LogP contribution in [-0.4, -0.2) is 47.1 Å². The summed E-state index contributed by atoms with van der Waals surface area (Å²) in [5, 5.41) is 22.8. The van der Waals surface area contributed by atoms with Gasteiger partial charge in [-0.05, 0) is 51.4 Å². The van der Waals surface area contributed by atoms with E-state index < -0.39 is 12.1 Å². The fourth-order valence-corrected chi connectivity index (χ4v) is 5.32. The molecule has 1 saturated heterocycles. The summed E-state index contributed by atoms with van der Waals surface area (Å²) in [5.74, 6) is -0.124. The van der Waals surface area contributed by atoms with E-state index in [0.717, 1.165) is 44.9 Å². The third-order valence-corrected chi connectivity index (χ3v) is 8.23. The van der Waals surface area contributed by atoms with Crippen molar-refractivity contribution in [2.24, 2.45) is 0 Å². The maximum atomic E-state index is 12.3. The number of hydrogen-bond donors (Lipinski definition) is 3. The molecule has 5 heteroatoms. The third-order valence-electron chi connectivity index (χ3n) is 8.23. The van der Waals surface area contributed by atoms with E-state index in [1.165, 1.54) is 89.9 Å². The molecular formula is C38H67NO4. The van der Waals surface area contributed by atoms with Gasteiger partial charge in [-0.3, -0.25) is 4.79 Å². The van der Waals surface area contributed by atoms with Crippen LogP contribution in [0.1, 0.15) is 155 Å². The summed E-state index contributed by atoms with van der Waals surface area (Å²) in [6.45, 7) is 4.22. The highest BCUT2D eigenvalue weighted by atomic mass is 16.6. The Bertz CT molecular complexity index is 759. The van der Waals surface area contributed by atoms with E-state index in [0.29, 0.717) is 18.6 Å². The van der Waals surface area contributed by atoms with E-state index in [9.17, 15) is 15.0 Å². The molecule has 43 heavy (non-hydrogen) atoms. The van der Waals surface area contributed by atoms with Crippen molar-refractivity contribution in [1.29, 1.82) is 0 Å². The molecule has 248 valence electrons. The molecular weight excluding hydrogens is 534 g/mol. The number of carbonyl (C=O) groups is 1. The van der Waals surface area contributed by atoms with Gasteiger partial charge in [0.25, 0.3) is 0 Å². The van der Waals surface area contributed by atoms with Crippen molar-refractivity contribution in [1.82, 2.24) is 5.32 Å². The molecule has 0 radical (unpaired) electrons. The topological polar surface area (TPSA) is 82.1 Å². The molecule has 0 aromatic heterocycles. The summed E-state index contributed by atoms with van der Waals surface area (Å²) in [6, 6.07) is -0.653. The average molecular weight is 602 g/mol. The lowest BCUT2D eigenvalue weighted by atomic mass is 10.0. The molecule has 1 aliphatic rings. The number of rotatable bonds is 30. The van der Waals surface area contributed by atoms with Crippen molar-refractivity contribution in [2.45, 2.75) is 179 Å². The minimum Gasteiger partial charge on any atom is -0.394 e. The molecule has 0 aromatic carbocycles. The summed E-state index contributed by atoms with van der Waals surface area (Å²) < 4.78 is 5.72. The molecule has 0 spiro atoms. The van der Waals surface area contributed by atoms with E-state index in [4.69, 9.17) is 4.74 Å². The lowest BCUT2D eigenvalue weighted by Crippen LogP contribution is -2.45. The number of unbranched alkanes of at least 4 members (excludes halogenated alkanes) is 14. The van der Waals surface area contributed by atoms with Crippen molar-refractivity contribution < 1.29 is 19.7 Å². The van der Waals surface area contributed by atoms with E-state index in [1.807, 2.05) is 6.08 Å². The molecule has 0 saturated carbocycles. The summed E-state index contributed by atoms with van der Waals surface area (Å²) in [4.78, 5) is 12.3. The zero-order valence-electron chi connectivity index (χ0n) is 27.9. The van der Waals surface area contributed by atoms with Crippen LogP contribution < -0.4 is 5.32 Å². The lowest BCUT2D eigenvalue weighted by molar-refractivity contribution is -0.122. The summed E-state index contributed by atoms with van der Waals surface area (Å²) in [7, 11) is 0. The fourth-order valence-electron chi connectivity index (χ4n) is 5.32. The molecule has 1 heterocycles. The minimum absolute atomic E-state index is 0.124. The fraction of sp³-hybridized carbons (Fsp3) is 0.763. The predicted octanol–water partition coefficient (Wildman–Crippen LogP) is 9.44. The minimum atomic E-state index is -0.863. The highest BCUT2D eigenvalue weighted by Crippen LogP contribution is 2.30. The van der Waals surface area contributed by atoms with E-state index in [-0.39, 0.29) is 12.5 Å². The first kappa shape index (κ1) is 39.3. The average Bonchev–Trinajstić information content (AvgIpc) is 3.76. The first-order valence-corrected chi connectivity index (χ1v) is 18.0. The zero-order valence-corrected chi connectivity index (χ0v) is 27.9. The zero-order chi connectivity index (χ0) is 31.2. The quantitative estimate of drug-likeness (QED) is 0.0435. The molecule has 4 atom stereocenters. The van der Waals surface area contributed by atoms with E-state index >= 15 is 0 Å². The maximum Gasteiger partial charge on any atom is 0.220 e. The summed E-state index contributed by atoms with van der Waals surface area (Å²) >= 11 is 0. The van der Waals surface area contributed by atoms with Gasteiger partial charge in [0.1, 0.15) is 0 Å². The second-order valence-electron chi connectivity index (χ2n) is 12.3. The lowest BCUT2D eigenvalue weighted by Gasteiger charge is -2.19. The van der Waals surface area contributed by atoms with E-state index in [1.54, 1.807) is 6.08 Å². The summed E-state index contributed by atoms with van der Waals surface area (Å²) in [6.07, 6.45) is 42.2. The van der Waals surface area contributed by atoms with E-state index in [2.05, 4.69) is 55.6 Å². The van der Waals surface area contributed by atoms with Crippen molar-refractivity contribution >= 4 is 5.91 Å². The normalized spacial score (nSPS) is 18.4. The Morgan fingerprint density at radius 2 is 1.26 bits per heavy atom. The van der Waals surface area contributed by atoms with Crippen LogP contribution in [0.2, 0.25) is 0 Å². The molecule has 2 unspecified atom stereocenters. The van der Waals surface area contributed by atoms with Crippen LogP contribution in [0.25, 0.3) is 0 Å². The highest BCUT2D eigenvalue weighted by molar-refractivity contribution is 5.76. The molecule has 0 aromatic rings. The SMILES string of the molecule is CCCCCCCCCCCCC/C=C/[C@@H](O)[C@H](CO)NC(=O)CCC/C=C\C/C=C\C/C=C\CC1OC1CCCCC. The van der Waals surface area contributed by atoms with Crippen molar-refractivity contribution in [3.8, 4) is 0 Å². The highest BCUT2D eigenvalue weighted by Gasteiger charge is 2.36. The van der Waals surface area contributed by atoms with Crippen LogP contribution in [0.3, 0.4) is 0 Å². The van der Waals surface area contributed by atoms with Gasteiger partial charge in [0.05, 0.1) is 31.0 Å². The van der Waals surface area contributed by atoms with Crippen LogP contribution in [0.4, 0.5) is 0 Å². The number of hydrogen-bond acceptors (Lipinski definition) is 4. The Labute approximate surface area is 265 Å². The molecule has 1 fully saturated rings. The van der Waals surface area contributed by atoms with Gasteiger partial charge in [0, 0.05) is 6.42 Å². The van der Waals surface area contributed by atoms with Gasteiger partial charge >= 0.3 is 0 Å². The van der Waals surface area contributed by atoms with Crippen LogP contribution in [0.5, 0.6) is 0 Å². The number of nitrogens with one attached hydrogen (secondary N) is 1. The van der Waals surface area contributed by atoms with Crippen LogP contribution >= 0.6 is 0 Å². The molecule has 1 amide bonds. The number of allylic oxidation sites excluding steroid dienone is 6. The first-order valence-electron chi connectivity index (χ1n) is 18.0. The predicted molar refractivity (Wildman–Crippen MR) is 183 cm³/mol.